The van der Waals surface area contributed by atoms with Crippen molar-refractivity contribution in [1.82, 2.24) is 0 Å². The third kappa shape index (κ3) is 7.14. The van der Waals surface area contributed by atoms with Crippen molar-refractivity contribution in [2.24, 2.45) is 0 Å². The molecular formula is C12H22O3. The quantitative estimate of drug-likeness (QED) is 0.383. The molecule has 0 spiro atoms. The number of hydrogen-bond donors (Lipinski definition) is 1. The lowest BCUT2D eigenvalue weighted by molar-refractivity contribution is -0.145. The number of esters is 1. The molecule has 0 aromatic carbocycles. The summed E-state index contributed by atoms with van der Waals surface area (Å²) in [6, 6.07) is 0. The molecule has 0 aliphatic rings. The number of aliphatic hydroxyl groups excluding tert-OH is 1. The predicted octanol–water partition coefficient (Wildman–Crippen LogP) is 2.44. The van der Waals surface area contributed by atoms with Gasteiger partial charge in [0.15, 0.2) is 0 Å². The van der Waals surface area contributed by atoms with E-state index in [0.717, 1.165) is 19.3 Å². The second-order valence-corrected chi connectivity index (χ2v) is 3.76. The molecule has 0 heterocycles. The van der Waals surface area contributed by atoms with Crippen LogP contribution in [0, 0.1) is 0 Å². The molecule has 0 rings (SSSR count). The molecule has 1 unspecified atom stereocenters. The van der Waals surface area contributed by atoms with Gasteiger partial charge in [-0.2, -0.15) is 0 Å². The largest absolute Gasteiger partial charge is 0.458 e. The van der Waals surface area contributed by atoms with Crippen molar-refractivity contribution < 1.29 is 14.6 Å². The number of carbonyl (C=O) groups excluding carboxylic acids is 1. The van der Waals surface area contributed by atoms with Crippen LogP contribution >= 0.6 is 0 Å². The zero-order valence-electron chi connectivity index (χ0n) is 9.79. The second kappa shape index (κ2) is 8.48. The van der Waals surface area contributed by atoms with Crippen LogP contribution in [-0.4, -0.2) is 23.8 Å². The van der Waals surface area contributed by atoms with E-state index in [2.05, 4.69) is 13.5 Å². The first-order valence-corrected chi connectivity index (χ1v) is 5.57. The molecule has 1 N–H and O–H groups in total. The summed E-state index contributed by atoms with van der Waals surface area (Å²) in [5.41, 5.74) is 0.585. The van der Waals surface area contributed by atoms with Crippen LogP contribution < -0.4 is 0 Å². The van der Waals surface area contributed by atoms with Gasteiger partial charge < -0.3 is 9.84 Å². The van der Waals surface area contributed by atoms with Gasteiger partial charge in [-0.1, -0.05) is 32.8 Å². The molecule has 0 saturated carbocycles. The van der Waals surface area contributed by atoms with E-state index in [4.69, 9.17) is 9.84 Å². The minimum atomic E-state index is -0.315. The van der Waals surface area contributed by atoms with Gasteiger partial charge in [-0.3, -0.25) is 4.79 Å². The number of ether oxygens (including phenoxy) is 1. The van der Waals surface area contributed by atoms with E-state index in [0.29, 0.717) is 5.57 Å². The van der Waals surface area contributed by atoms with Gasteiger partial charge >= 0.3 is 5.97 Å². The maximum absolute atomic E-state index is 10.8. The molecule has 0 aliphatic heterocycles. The van der Waals surface area contributed by atoms with Gasteiger partial charge in [0.05, 0.1) is 6.61 Å². The first-order valence-electron chi connectivity index (χ1n) is 5.57. The van der Waals surface area contributed by atoms with Gasteiger partial charge in [-0.15, -0.1) is 0 Å². The Morgan fingerprint density at radius 1 is 1.40 bits per heavy atom. The normalized spacial score (nSPS) is 12.2. The van der Waals surface area contributed by atoms with Crippen molar-refractivity contribution in [3.63, 3.8) is 0 Å². The topological polar surface area (TPSA) is 46.5 Å². The zero-order chi connectivity index (χ0) is 11.7. The van der Waals surface area contributed by atoms with Crippen LogP contribution in [0.2, 0.25) is 0 Å². The monoisotopic (exact) mass is 214 g/mol. The fourth-order valence-corrected chi connectivity index (χ4v) is 1.41. The summed E-state index contributed by atoms with van der Waals surface area (Å²) in [4.78, 5) is 10.8. The van der Waals surface area contributed by atoms with Crippen LogP contribution in [0.5, 0.6) is 0 Å². The summed E-state index contributed by atoms with van der Waals surface area (Å²) >= 11 is 0. The molecule has 3 heteroatoms. The Morgan fingerprint density at radius 3 is 2.53 bits per heavy atom. The molecule has 0 aromatic rings. The molecule has 0 radical (unpaired) electrons. The second-order valence-electron chi connectivity index (χ2n) is 3.76. The lowest BCUT2D eigenvalue weighted by Crippen LogP contribution is -2.20. The summed E-state index contributed by atoms with van der Waals surface area (Å²) in [7, 11) is 0. The number of rotatable bonds is 8. The van der Waals surface area contributed by atoms with E-state index in [1.54, 1.807) is 0 Å². The Bertz CT molecular complexity index is 199. The van der Waals surface area contributed by atoms with Crippen LogP contribution in [0.15, 0.2) is 12.2 Å². The Balaban J connectivity index is 3.90. The number of hydrogen-bond acceptors (Lipinski definition) is 3. The molecule has 3 nitrogen and oxygen atoms in total. The van der Waals surface area contributed by atoms with Gasteiger partial charge in [0.25, 0.3) is 0 Å². The summed E-state index contributed by atoms with van der Waals surface area (Å²) < 4.78 is 5.08. The molecule has 88 valence electrons. The average molecular weight is 214 g/mol. The van der Waals surface area contributed by atoms with E-state index < -0.39 is 0 Å². The minimum Gasteiger partial charge on any atom is -0.458 e. The summed E-state index contributed by atoms with van der Waals surface area (Å²) in [6.07, 6.45) is 4.96. The van der Waals surface area contributed by atoms with Crippen LogP contribution in [0.4, 0.5) is 0 Å². The summed E-state index contributed by atoms with van der Waals surface area (Å²) in [5, 5.41) is 8.93. The Hall–Kier alpha value is -0.830. The molecule has 1 atom stereocenters. The van der Waals surface area contributed by atoms with Gasteiger partial charge in [0.2, 0.25) is 0 Å². The lowest BCUT2D eigenvalue weighted by atomic mass is 10.0. The SMILES string of the molecule is C=C(CO)C(CCCCCC)OC(C)=O. The average Bonchev–Trinajstić information content (AvgIpc) is 2.21. The zero-order valence-corrected chi connectivity index (χ0v) is 9.79. The van der Waals surface area contributed by atoms with Gasteiger partial charge in [0, 0.05) is 6.92 Å². The van der Waals surface area contributed by atoms with Gasteiger partial charge in [-0.25, -0.2) is 0 Å². The molecule has 0 amide bonds. The van der Waals surface area contributed by atoms with E-state index in [-0.39, 0.29) is 18.7 Å². The fourth-order valence-electron chi connectivity index (χ4n) is 1.41. The van der Waals surface area contributed by atoms with Crippen molar-refractivity contribution in [2.75, 3.05) is 6.61 Å². The smallest absolute Gasteiger partial charge is 0.303 e. The molecule has 15 heavy (non-hydrogen) atoms. The van der Waals surface area contributed by atoms with Crippen LogP contribution in [0.3, 0.4) is 0 Å². The summed E-state index contributed by atoms with van der Waals surface area (Å²) in [6.45, 7) is 7.11. The van der Waals surface area contributed by atoms with Crippen molar-refractivity contribution in [2.45, 2.75) is 52.1 Å². The highest BCUT2D eigenvalue weighted by molar-refractivity contribution is 5.66. The van der Waals surface area contributed by atoms with Crippen molar-refractivity contribution >= 4 is 5.97 Å². The van der Waals surface area contributed by atoms with Crippen molar-refractivity contribution in [3.8, 4) is 0 Å². The Kier molecular flexibility index (Phi) is 8.01. The van der Waals surface area contributed by atoms with Crippen LogP contribution in [0.1, 0.15) is 46.0 Å². The van der Waals surface area contributed by atoms with Crippen molar-refractivity contribution in [1.29, 1.82) is 0 Å². The van der Waals surface area contributed by atoms with Gasteiger partial charge in [0.1, 0.15) is 6.10 Å². The van der Waals surface area contributed by atoms with Crippen LogP contribution in [0.25, 0.3) is 0 Å². The molecule has 0 aliphatic carbocycles. The number of carbonyl (C=O) groups is 1. The Labute approximate surface area is 92.1 Å². The van der Waals surface area contributed by atoms with Crippen LogP contribution in [-0.2, 0) is 9.53 Å². The maximum atomic E-state index is 10.8. The Morgan fingerprint density at radius 2 is 2.07 bits per heavy atom. The number of unbranched alkanes of at least 4 members (excludes halogenated alkanes) is 3. The highest BCUT2D eigenvalue weighted by atomic mass is 16.5. The molecule has 0 fully saturated rings. The first-order chi connectivity index (χ1) is 7.11. The molecule has 0 saturated heterocycles. The maximum Gasteiger partial charge on any atom is 0.303 e. The minimum absolute atomic E-state index is 0.119. The standard InChI is InChI=1S/C12H22O3/c1-4-5-6-7-8-12(10(2)9-13)15-11(3)14/h12-13H,2,4-9H2,1,3H3. The van der Waals surface area contributed by atoms with E-state index in [9.17, 15) is 4.79 Å². The molecule has 0 bridgehead atoms. The van der Waals surface area contributed by atoms with E-state index in [1.165, 1.54) is 19.8 Å². The molecule has 0 aromatic heterocycles. The fraction of sp³-hybridized carbons (Fsp3) is 0.750. The van der Waals surface area contributed by atoms with E-state index >= 15 is 0 Å². The van der Waals surface area contributed by atoms with E-state index in [1.807, 2.05) is 0 Å². The summed E-state index contributed by atoms with van der Waals surface area (Å²) in [5.74, 6) is -0.315. The highest BCUT2D eigenvalue weighted by Crippen LogP contribution is 2.14. The van der Waals surface area contributed by atoms with Crippen molar-refractivity contribution in [3.05, 3.63) is 12.2 Å². The third-order valence-corrected chi connectivity index (χ3v) is 2.29. The molecular weight excluding hydrogens is 192 g/mol. The number of aliphatic hydroxyl groups is 1. The predicted molar refractivity (Wildman–Crippen MR) is 60.5 cm³/mol. The lowest BCUT2D eigenvalue weighted by Gasteiger charge is -2.17. The first kappa shape index (κ1) is 14.2. The van der Waals surface area contributed by atoms with Gasteiger partial charge in [-0.05, 0) is 18.4 Å². The highest BCUT2D eigenvalue weighted by Gasteiger charge is 2.14. The third-order valence-electron chi connectivity index (χ3n) is 2.29.